The van der Waals surface area contributed by atoms with Gasteiger partial charge in [0.1, 0.15) is 0 Å². The topological polar surface area (TPSA) is 29.1 Å². The van der Waals surface area contributed by atoms with E-state index in [-0.39, 0.29) is 11.3 Å². The van der Waals surface area contributed by atoms with Crippen LogP contribution in [0.15, 0.2) is 54.6 Å². The van der Waals surface area contributed by atoms with Gasteiger partial charge < -0.3 is 5.32 Å². The van der Waals surface area contributed by atoms with Gasteiger partial charge in [-0.05, 0) is 59.9 Å². The van der Waals surface area contributed by atoms with Gasteiger partial charge in [-0.25, -0.2) is 0 Å². The Hall–Kier alpha value is -2.06. The van der Waals surface area contributed by atoms with Gasteiger partial charge in [0.05, 0.1) is 0 Å². The monoisotopic (exact) mass is 327 g/mol. The van der Waals surface area contributed by atoms with Crippen LogP contribution >= 0.6 is 11.6 Å². The molecule has 0 aromatic heterocycles. The van der Waals surface area contributed by atoms with Crippen LogP contribution in [0.3, 0.4) is 0 Å². The number of rotatable bonds is 3. The summed E-state index contributed by atoms with van der Waals surface area (Å²) in [6.45, 7) is 8.60. The van der Waals surface area contributed by atoms with Crippen LogP contribution in [0.1, 0.15) is 43.6 Å². The summed E-state index contributed by atoms with van der Waals surface area (Å²) in [5.74, 6) is -0.128. The summed E-state index contributed by atoms with van der Waals surface area (Å²) >= 11 is 5.84. The summed E-state index contributed by atoms with van der Waals surface area (Å²) in [6, 6.07) is 14.7. The molecule has 2 aromatic carbocycles. The number of hydrogen-bond donors (Lipinski definition) is 1. The van der Waals surface area contributed by atoms with Gasteiger partial charge in [-0.2, -0.15) is 0 Å². The quantitative estimate of drug-likeness (QED) is 0.731. The van der Waals surface area contributed by atoms with Crippen LogP contribution in [0.2, 0.25) is 5.02 Å². The molecule has 3 heteroatoms. The normalized spacial score (nSPS) is 12.1. The van der Waals surface area contributed by atoms with Crippen molar-refractivity contribution in [1.29, 1.82) is 0 Å². The second-order valence-corrected chi connectivity index (χ2v) is 7.17. The second-order valence-electron chi connectivity index (χ2n) is 6.73. The van der Waals surface area contributed by atoms with Crippen LogP contribution in [-0.4, -0.2) is 5.91 Å². The highest BCUT2D eigenvalue weighted by molar-refractivity contribution is 6.30. The molecule has 1 N–H and O–H groups in total. The molecule has 0 saturated carbocycles. The first-order valence-corrected chi connectivity index (χ1v) is 7.99. The van der Waals surface area contributed by atoms with E-state index >= 15 is 0 Å². The van der Waals surface area contributed by atoms with Crippen LogP contribution in [0.5, 0.6) is 0 Å². The van der Waals surface area contributed by atoms with E-state index in [1.165, 1.54) is 5.57 Å². The van der Waals surface area contributed by atoms with Crippen molar-refractivity contribution in [3.05, 3.63) is 70.8 Å². The Morgan fingerprint density at radius 3 is 2.00 bits per heavy atom. The number of benzene rings is 2. The minimum absolute atomic E-state index is 0.128. The van der Waals surface area contributed by atoms with Gasteiger partial charge in [-0.15, -0.1) is 0 Å². The van der Waals surface area contributed by atoms with Gasteiger partial charge >= 0.3 is 0 Å². The van der Waals surface area contributed by atoms with Gasteiger partial charge in [-0.1, -0.05) is 50.6 Å². The summed E-state index contributed by atoms with van der Waals surface area (Å²) in [4.78, 5) is 12.3. The molecule has 2 rings (SSSR count). The Labute approximate surface area is 143 Å². The fourth-order valence-electron chi connectivity index (χ4n) is 2.35. The van der Waals surface area contributed by atoms with Crippen molar-refractivity contribution < 1.29 is 4.79 Å². The average Bonchev–Trinajstić information content (AvgIpc) is 2.48. The average molecular weight is 328 g/mol. The number of halogens is 1. The van der Waals surface area contributed by atoms with E-state index < -0.39 is 0 Å². The molecular formula is C20H22ClNO. The molecule has 0 fully saturated rings. The number of anilines is 1. The summed E-state index contributed by atoms with van der Waals surface area (Å²) in [7, 11) is 0. The summed E-state index contributed by atoms with van der Waals surface area (Å²) in [5.41, 5.74) is 3.83. The highest BCUT2D eigenvalue weighted by Gasteiger charge is 2.09. The van der Waals surface area contributed by atoms with Gasteiger partial charge in [0.15, 0.2) is 0 Å². The minimum Gasteiger partial charge on any atom is -0.322 e. The lowest BCUT2D eigenvalue weighted by Gasteiger charge is -2.14. The SMILES string of the molecule is C/C(=C\C(C)(C)C)c1ccc(C(=O)Nc2ccc(Cl)cc2)cc1. The van der Waals surface area contributed by atoms with Crippen molar-refractivity contribution >= 4 is 28.8 Å². The van der Waals surface area contributed by atoms with E-state index in [4.69, 9.17) is 11.6 Å². The molecule has 23 heavy (non-hydrogen) atoms. The van der Waals surface area contributed by atoms with Crippen molar-refractivity contribution in [2.75, 3.05) is 5.32 Å². The maximum absolute atomic E-state index is 12.3. The largest absolute Gasteiger partial charge is 0.322 e. The zero-order valence-electron chi connectivity index (χ0n) is 14.0. The maximum Gasteiger partial charge on any atom is 0.255 e. The molecule has 0 bridgehead atoms. The predicted octanol–water partition coefficient (Wildman–Crippen LogP) is 6.04. The zero-order valence-corrected chi connectivity index (χ0v) is 14.7. The fraction of sp³-hybridized carbons (Fsp3) is 0.250. The van der Waals surface area contributed by atoms with E-state index in [9.17, 15) is 4.79 Å². The Morgan fingerprint density at radius 2 is 1.48 bits per heavy atom. The zero-order chi connectivity index (χ0) is 17.0. The highest BCUT2D eigenvalue weighted by Crippen LogP contribution is 2.23. The van der Waals surface area contributed by atoms with E-state index in [2.05, 4.69) is 39.1 Å². The number of carbonyl (C=O) groups is 1. The molecular weight excluding hydrogens is 306 g/mol. The molecule has 0 saturated heterocycles. The predicted molar refractivity (Wildman–Crippen MR) is 99.0 cm³/mol. The molecule has 0 aliphatic rings. The Bertz CT molecular complexity index is 707. The number of amides is 1. The molecule has 0 heterocycles. The standard InChI is InChI=1S/C20H22ClNO/c1-14(13-20(2,3)4)15-5-7-16(8-6-15)19(23)22-18-11-9-17(21)10-12-18/h5-13H,1-4H3,(H,22,23)/b14-13+. The van der Waals surface area contributed by atoms with Crippen LogP contribution in [0.4, 0.5) is 5.69 Å². The van der Waals surface area contributed by atoms with E-state index in [0.29, 0.717) is 10.6 Å². The number of carbonyl (C=O) groups excluding carboxylic acids is 1. The van der Waals surface area contributed by atoms with Crippen LogP contribution < -0.4 is 5.32 Å². The lowest BCUT2D eigenvalue weighted by atomic mass is 9.91. The Kier molecular flexibility index (Phi) is 5.27. The van der Waals surface area contributed by atoms with Crippen LogP contribution in [-0.2, 0) is 0 Å². The van der Waals surface area contributed by atoms with Crippen molar-refractivity contribution in [1.82, 2.24) is 0 Å². The first-order valence-electron chi connectivity index (χ1n) is 7.61. The second kappa shape index (κ2) is 7.01. The smallest absolute Gasteiger partial charge is 0.255 e. The third kappa shape index (κ3) is 5.26. The molecule has 0 atom stereocenters. The lowest BCUT2D eigenvalue weighted by Crippen LogP contribution is -2.11. The maximum atomic E-state index is 12.3. The Morgan fingerprint density at radius 1 is 0.957 bits per heavy atom. The molecule has 1 amide bonds. The third-order valence-electron chi connectivity index (χ3n) is 3.35. The molecule has 2 aromatic rings. The Balaban J connectivity index is 2.11. The molecule has 2 nitrogen and oxygen atoms in total. The van der Waals surface area contributed by atoms with E-state index in [0.717, 1.165) is 11.3 Å². The van der Waals surface area contributed by atoms with Crippen LogP contribution in [0, 0.1) is 5.41 Å². The van der Waals surface area contributed by atoms with Crippen molar-refractivity contribution in [3.8, 4) is 0 Å². The molecule has 120 valence electrons. The number of allylic oxidation sites excluding steroid dienone is 2. The van der Waals surface area contributed by atoms with Crippen molar-refractivity contribution in [2.24, 2.45) is 5.41 Å². The van der Waals surface area contributed by atoms with Gasteiger partial charge in [-0.3, -0.25) is 4.79 Å². The molecule has 0 aliphatic carbocycles. The first-order chi connectivity index (χ1) is 10.7. The first kappa shape index (κ1) is 17.3. The summed E-state index contributed by atoms with van der Waals surface area (Å²) in [5, 5.41) is 3.51. The van der Waals surface area contributed by atoms with Gasteiger partial charge in [0, 0.05) is 16.3 Å². The van der Waals surface area contributed by atoms with Gasteiger partial charge in [0.25, 0.3) is 5.91 Å². The van der Waals surface area contributed by atoms with Crippen LogP contribution in [0.25, 0.3) is 5.57 Å². The highest BCUT2D eigenvalue weighted by atomic mass is 35.5. The third-order valence-corrected chi connectivity index (χ3v) is 3.61. The lowest BCUT2D eigenvalue weighted by molar-refractivity contribution is 0.102. The van der Waals surface area contributed by atoms with E-state index in [1.807, 2.05) is 24.3 Å². The van der Waals surface area contributed by atoms with Crippen molar-refractivity contribution in [3.63, 3.8) is 0 Å². The minimum atomic E-state index is -0.128. The fourth-order valence-corrected chi connectivity index (χ4v) is 2.48. The van der Waals surface area contributed by atoms with Gasteiger partial charge in [0.2, 0.25) is 0 Å². The number of nitrogens with one attached hydrogen (secondary N) is 1. The molecule has 0 spiro atoms. The number of hydrogen-bond acceptors (Lipinski definition) is 1. The molecule has 0 aliphatic heterocycles. The molecule has 0 unspecified atom stereocenters. The summed E-state index contributed by atoms with van der Waals surface area (Å²) < 4.78 is 0. The van der Waals surface area contributed by atoms with Crippen molar-refractivity contribution in [2.45, 2.75) is 27.7 Å². The van der Waals surface area contributed by atoms with E-state index in [1.54, 1.807) is 24.3 Å². The molecule has 0 radical (unpaired) electrons. The summed E-state index contributed by atoms with van der Waals surface area (Å²) in [6.07, 6.45) is 2.23.